The lowest BCUT2D eigenvalue weighted by Gasteiger charge is -2.19. The van der Waals surface area contributed by atoms with Crippen LogP contribution in [0.4, 0.5) is 4.79 Å². The van der Waals surface area contributed by atoms with Gasteiger partial charge in [0.15, 0.2) is 11.5 Å². The maximum atomic E-state index is 12.3. The lowest BCUT2D eigenvalue weighted by molar-refractivity contribution is 0.0543. The molecule has 0 N–H and O–H groups in total. The topological polar surface area (TPSA) is 74.8 Å². The molecule has 0 amide bonds. The SMILES string of the molecule is CC(C)(C)OC(=O)n1ccc2c(Br)cc(-n3nccn3)nc21. The quantitative estimate of drug-likeness (QED) is 0.663. The van der Waals surface area contributed by atoms with Crippen LogP contribution in [0.25, 0.3) is 16.9 Å². The Bertz CT molecular complexity index is 833. The highest BCUT2D eigenvalue weighted by molar-refractivity contribution is 9.10. The van der Waals surface area contributed by atoms with E-state index in [2.05, 4.69) is 31.1 Å². The fourth-order valence-electron chi connectivity index (χ4n) is 1.95. The van der Waals surface area contributed by atoms with Gasteiger partial charge in [0.2, 0.25) is 0 Å². The Morgan fingerprint density at radius 2 is 1.95 bits per heavy atom. The first-order chi connectivity index (χ1) is 10.3. The molecule has 0 atom stereocenters. The zero-order chi connectivity index (χ0) is 15.9. The van der Waals surface area contributed by atoms with Gasteiger partial charge in [0.05, 0.1) is 12.4 Å². The van der Waals surface area contributed by atoms with E-state index in [1.54, 1.807) is 30.7 Å². The Kier molecular flexibility index (Phi) is 3.48. The van der Waals surface area contributed by atoms with Crippen molar-refractivity contribution in [3.8, 4) is 5.82 Å². The van der Waals surface area contributed by atoms with Crippen LogP contribution in [-0.4, -0.2) is 36.2 Å². The van der Waals surface area contributed by atoms with Gasteiger partial charge >= 0.3 is 6.09 Å². The number of carbonyl (C=O) groups is 1. The van der Waals surface area contributed by atoms with Crippen molar-refractivity contribution in [3.63, 3.8) is 0 Å². The molecule has 0 aromatic carbocycles. The molecule has 0 radical (unpaired) electrons. The summed E-state index contributed by atoms with van der Waals surface area (Å²) in [5, 5.41) is 8.91. The first-order valence-corrected chi connectivity index (χ1v) is 7.42. The number of ether oxygens (including phenoxy) is 1. The second-order valence-electron chi connectivity index (χ2n) is 5.68. The second-order valence-corrected chi connectivity index (χ2v) is 6.54. The Balaban J connectivity index is 2.11. The molecule has 7 nitrogen and oxygen atoms in total. The second kappa shape index (κ2) is 5.20. The Labute approximate surface area is 135 Å². The largest absolute Gasteiger partial charge is 0.443 e. The van der Waals surface area contributed by atoms with Crippen molar-refractivity contribution in [2.24, 2.45) is 0 Å². The van der Waals surface area contributed by atoms with Crippen LogP contribution >= 0.6 is 15.9 Å². The lowest BCUT2D eigenvalue weighted by Crippen LogP contribution is -2.27. The van der Waals surface area contributed by atoms with Crippen molar-refractivity contribution in [3.05, 3.63) is 35.2 Å². The normalized spacial score (nSPS) is 11.8. The van der Waals surface area contributed by atoms with Crippen molar-refractivity contribution >= 4 is 33.1 Å². The number of hydrogen-bond donors (Lipinski definition) is 0. The monoisotopic (exact) mass is 363 g/mol. The van der Waals surface area contributed by atoms with Crippen LogP contribution in [0.3, 0.4) is 0 Å². The fourth-order valence-corrected chi connectivity index (χ4v) is 2.47. The minimum absolute atomic E-state index is 0.479. The average molecular weight is 364 g/mol. The van der Waals surface area contributed by atoms with Crippen LogP contribution in [0.2, 0.25) is 0 Å². The average Bonchev–Trinajstić information content (AvgIpc) is 3.05. The molecule has 0 aliphatic rings. The smallest absolute Gasteiger partial charge is 0.420 e. The Morgan fingerprint density at radius 1 is 1.27 bits per heavy atom. The van der Waals surface area contributed by atoms with Gasteiger partial charge in [0.1, 0.15) is 5.60 Å². The van der Waals surface area contributed by atoms with Gasteiger partial charge in [-0.1, -0.05) is 0 Å². The first kappa shape index (κ1) is 14.7. The Morgan fingerprint density at radius 3 is 2.59 bits per heavy atom. The molecule has 0 saturated heterocycles. The molecule has 0 saturated carbocycles. The minimum Gasteiger partial charge on any atom is -0.443 e. The predicted octanol–water partition coefficient (Wildman–Crippen LogP) is 3.16. The molecule has 0 unspecified atom stereocenters. The van der Waals surface area contributed by atoms with Crippen LogP contribution in [0, 0.1) is 0 Å². The van der Waals surface area contributed by atoms with Gasteiger partial charge in [0, 0.05) is 16.1 Å². The molecular formula is C14H14BrN5O2. The van der Waals surface area contributed by atoms with Gasteiger partial charge in [-0.05, 0) is 48.8 Å². The molecule has 22 heavy (non-hydrogen) atoms. The van der Waals surface area contributed by atoms with Crippen LogP contribution in [0.1, 0.15) is 20.8 Å². The summed E-state index contributed by atoms with van der Waals surface area (Å²) in [5.41, 5.74) is -0.0950. The highest BCUT2D eigenvalue weighted by Crippen LogP contribution is 2.26. The van der Waals surface area contributed by atoms with E-state index in [0.29, 0.717) is 11.5 Å². The molecule has 3 rings (SSSR count). The molecule has 0 aliphatic carbocycles. The number of fused-ring (bicyclic) bond motifs is 1. The number of nitrogens with zero attached hydrogens (tertiary/aromatic N) is 5. The van der Waals surface area contributed by atoms with E-state index < -0.39 is 11.7 Å². The number of pyridine rings is 1. The predicted molar refractivity (Wildman–Crippen MR) is 84.0 cm³/mol. The highest BCUT2D eigenvalue weighted by Gasteiger charge is 2.20. The van der Waals surface area contributed by atoms with Crippen molar-refractivity contribution in [2.45, 2.75) is 26.4 Å². The summed E-state index contributed by atoms with van der Waals surface area (Å²) < 4.78 is 7.56. The first-order valence-electron chi connectivity index (χ1n) is 6.63. The van der Waals surface area contributed by atoms with Crippen LogP contribution < -0.4 is 0 Å². The van der Waals surface area contributed by atoms with Gasteiger partial charge < -0.3 is 4.74 Å². The molecule has 8 heteroatoms. The summed E-state index contributed by atoms with van der Waals surface area (Å²) in [5.74, 6) is 0.507. The van der Waals surface area contributed by atoms with Gasteiger partial charge in [0.25, 0.3) is 0 Å². The molecule has 114 valence electrons. The van der Waals surface area contributed by atoms with Gasteiger partial charge in [-0.15, -0.1) is 4.80 Å². The van der Waals surface area contributed by atoms with E-state index >= 15 is 0 Å². The van der Waals surface area contributed by atoms with Crippen molar-refractivity contribution in [1.82, 2.24) is 24.5 Å². The number of rotatable bonds is 1. The number of carbonyl (C=O) groups excluding carboxylic acids is 1. The summed E-state index contributed by atoms with van der Waals surface area (Å²) in [7, 11) is 0. The molecule has 0 bridgehead atoms. The molecule has 3 aromatic heterocycles. The third-order valence-corrected chi connectivity index (χ3v) is 3.46. The summed E-state index contributed by atoms with van der Waals surface area (Å²) in [6.07, 6.45) is 4.28. The molecule has 0 aliphatic heterocycles. The maximum Gasteiger partial charge on any atom is 0.420 e. The van der Waals surface area contributed by atoms with Gasteiger partial charge in [-0.3, -0.25) is 0 Å². The van der Waals surface area contributed by atoms with Crippen molar-refractivity contribution in [2.75, 3.05) is 0 Å². The third-order valence-electron chi connectivity index (χ3n) is 2.81. The molecule has 0 fully saturated rings. The number of hydrogen-bond acceptors (Lipinski definition) is 5. The Hall–Kier alpha value is -2.22. The van der Waals surface area contributed by atoms with Crippen LogP contribution in [0.5, 0.6) is 0 Å². The van der Waals surface area contributed by atoms with Gasteiger partial charge in [-0.25, -0.2) is 14.3 Å². The van der Waals surface area contributed by atoms with E-state index in [-0.39, 0.29) is 0 Å². The molecule has 3 aromatic rings. The van der Waals surface area contributed by atoms with Crippen LogP contribution in [-0.2, 0) is 4.74 Å². The van der Waals surface area contributed by atoms with E-state index in [0.717, 1.165) is 9.86 Å². The van der Waals surface area contributed by atoms with E-state index in [1.807, 2.05) is 20.8 Å². The summed E-state index contributed by atoms with van der Waals surface area (Å²) in [4.78, 5) is 18.1. The standard InChI is InChI=1S/C14H14BrN5O2/c1-14(2,3)22-13(21)19-7-4-9-10(15)8-11(18-12(9)19)20-16-5-6-17-20/h4-8H,1-3H3. The van der Waals surface area contributed by atoms with Crippen LogP contribution in [0.15, 0.2) is 35.2 Å². The number of halogens is 1. The lowest BCUT2D eigenvalue weighted by atomic mass is 10.2. The fraction of sp³-hybridized carbons (Fsp3) is 0.286. The third kappa shape index (κ3) is 2.74. The molecule has 3 heterocycles. The van der Waals surface area contributed by atoms with Crippen molar-refractivity contribution in [1.29, 1.82) is 0 Å². The van der Waals surface area contributed by atoms with E-state index in [9.17, 15) is 4.79 Å². The molecule has 0 spiro atoms. The van der Waals surface area contributed by atoms with Gasteiger partial charge in [-0.2, -0.15) is 10.2 Å². The molecular weight excluding hydrogens is 350 g/mol. The van der Waals surface area contributed by atoms with E-state index in [4.69, 9.17) is 4.74 Å². The summed E-state index contributed by atoms with van der Waals surface area (Å²) in [6, 6.07) is 3.60. The zero-order valence-electron chi connectivity index (χ0n) is 12.3. The highest BCUT2D eigenvalue weighted by atomic mass is 79.9. The van der Waals surface area contributed by atoms with E-state index in [1.165, 1.54) is 9.36 Å². The summed E-state index contributed by atoms with van der Waals surface area (Å²) in [6.45, 7) is 5.46. The summed E-state index contributed by atoms with van der Waals surface area (Å²) >= 11 is 3.48. The number of aromatic nitrogens is 5. The maximum absolute atomic E-state index is 12.3. The zero-order valence-corrected chi connectivity index (χ0v) is 13.9. The van der Waals surface area contributed by atoms with Crippen molar-refractivity contribution < 1.29 is 9.53 Å². The minimum atomic E-state index is -0.577.